The minimum Gasteiger partial charge on any atom is -0.506 e. The lowest BCUT2D eigenvalue weighted by Crippen LogP contribution is -2.39. The summed E-state index contributed by atoms with van der Waals surface area (Å²) in [5, 5.41) is 11.9. The van der Waals surface area contributed by atoms with Crippen LogP contribution in [-0.2, 0) is 7.05 Å². The van der Waals surface area contributed by atoms with E-state index >= 15 is 0 Å². The van der Waals surface area contributed by atoms with Gasteiger partial charge < -0.3 is 9.67 Å². The first-order chi connectivity index (χ1) is 21.8. The van der Waals surface area contributed by atoms with Crippen LogP contribution in [0.1, 0.15) is 0 Å². The zero-order valence-corrected chi connectivity index (χ0v) is 26.9. The molecular weight excluding hydrogens is 569 g/mol. The molecule has 6 heteroatoms. The number of aromatic hydroxyl groups is 1. The van der Waals surface area contributed by atoms with Crippen LogP contribution >= 0.6 is 0 Å². The van der Waals surface area contributed by atoms with Crippen LogP contribution in [0.2, 0.25) is 19.6 Å². The van der Waals surface area contributed by atoms with Crippen LogP contribution in [0.4, 0.5) is 0 Å². The molecule has 0 aliphatic heterocycles. The third-order valence-electron chi connectivity index (χ3n) is 8.40. The second-order valence-electron chi connectivity index (χ2n) is 12.5. The molecule has 4 aromatic carbocycles. The zero-order valence-electron chi connectivity index (χ0n) is 25.9. The number of pyridine rings is 2. The van der Waals surface area contributed by atoms with Gasteiger partial charge in [-0.25, -0.2) is 4.98 Å². The lowest BCUT2D eigenvalue weighted by atomic mass is 9.93. The average Bonchev–Trinajstić information content (AvgIpc) is 3.41. The number of rotatable bonds is 6. The summed E-state index contributed by atoms with van der Waals surface area (Å²) in [5.41, 5.74) is 11.3. The van der Waals surface area contributed by atoms with Gasteiger partial charge in [0.15, 0.2) is 0 Å². The summed E-state index contributed by atoms with van der Waals surface area (Å²) < 4.78 is 2.03. The quantitative estimate of drug-likeness (QED) is 0.193. The molecule has 7 aromatic rings. The number of nitrogens with zero attached hydrogens (tertiary/aromatic N) is 4. The summed E-state index contributed by atoms with van der Waals surface area (Å²) in [6.07, 6.45) is 5.23. The van der Waals surface area contributed by atoms with Crippen molar-refractivity contribution in [2.45, 2.75) is 19.6 Å². The fourth-order valence-corrected chi connectivity index (χ4v) is 7.54. The molecular formula is C39H34N4OSi. The van der Waals surface area contributed by atoms with Gasteiger partial charge in [-0.2, -0.15) is 0 Å². The Morgan fingerprint density at radius 1 is 0.622 bits per heavy atom. The van der Waals surface area contributed by atoms with Crippen LogP contribution in [0.3, 0.4) is 0 Å². The number of hydrogen-bond acceptors (Lipinski definition) is 4. The molecule has 0 saturated carbocycles. The topological polar surface area (TPSA) is 63.8 Å². The maximum atomic E-state index is 10.6. The predicted molar refractivity (Wildman–Crippen MR) is 188 cm³/mol. The van der Waals surface area contributed by atoms with Crippen LogP contribution in [0, 0.1) is 0 Å². The maximum absolute atomic E-state index is 10.6. The summed E-state index contributed by atoms with van der Waals surface area (Å²) >= 11 is 0. The molecule has 0 unspecified atom stereocenters. The smallest absolute Gasteiger partial charge is 0.144 e. The van der Waals surface area contributed by atoms with Crippen molar-refractivity contribution in [3.05, 3.63) is 128 Å². The van der Waals surface area contributed by atoms with Crippen molar-refractivity contribution in [2.75, 3.05) is 0 Å². The molecule has 0 spiro atoms. The van der Waals surface area contributed by atoms with Gasteiger partial charge >= 0.3 is 0 Å². The van der Waals surface area contributed by atoms with E-state index in [1.54, 1.807) is 12.3 Å². The highest BCUT2D eigenvalue weighted by Crippen LogP contribution is 2.38. The van der Waals surface area contributed by atoms with Gasteiger partial charge in [0.05, 0.1) is 36.6 Å². The molecule has 0 saturated heterocycles. The standard InChI is InChI=1S/C39H34N4OSi/c1-43-35-17-11-16-31(38(35)42-39(43)32-18-19-40-24-36(32)44)29-20-28(26-12-7-5-8-13-26)21-30(22-29)34-23-33(27-14-9-6-10-15-27)37(25-41-34)45(2,3)4/h5-25,44H,1-4H3. The summed E-state index contributed by atoms with van der Waals surface area (Å²) in [5.74, 6) is 0.792. The number of hydrogen-bond donors (Lipinski definition) is 1. The molecule has 220 valence electrons. The molecule has 3 aromatic heterocycles. The normalized spacial score (nSPS) is 11.6. The highest BCUT2D eigenvalue weighted by Gasteiger charge is 2.23. The Kier molecular flexibility index (Phi) is 7.14. The van der Waals surface area contributed by atoms with Crippen LogP contribution in [0.5, 0.6) is 5.75 Å². The van der Waals surface area contributed by atoms with E-state index in [-0.39, 0.29) is 5.75 Å². The van der Waals surface area contributed by atoms with Gasteiger partial charge in [0.1, 0.15) is 11.6 Å². The van der Waals surface area contributed by atoms with Crippen LogP contribution in [0.25, 0.3) is 67.1 Å². The van der Waals surface area contributed by atoms with E-state index in [1.807, 2.05) is 17.7 Å². The fourth-order valence-electron chi connectivity index (χ4n) is 6.06. The van der Waals surface area contributed by atoms with E-state index in [0.29, 0.717) is 11.4 Å². The van der Waals surface area contributed by atoms with Crippen molar-refractivity contribution in [3.8, 4) is 61.8 Å². The van der Waals surface area contributed by atoms with E-state index in [2.05, 4.69) is 128 Å². The molecule has 0 radical (unpaired) electrons. The van der Waals surface area contributed by atoms with Gasteiger partial charge in [-0.15, -0.1) is 0 Å². The molecule has 0 bridgehead atoms. The molecule has 45 heavy (non-hydrogen) atoms. The predicted octanol–water partition coefficient (Wildman–Crippen LogP) is 8.95. The van der Waals surface area contributed by atoms with Crippen LogP contribution in [0.15, 0.2) is 128 Å². The van der Waals surface area contributed by atoms with Gasteiger partial charge in [-0.1, -0.05) is 92.4 Å². The Morgan fingerprint density at radius 3 is 2.02 bits per heavy atom. The highest BCUT2D eigenvalue weighted by molar-refractivity contribution is 6.89. The number of aromatic nitrogens is 4. The molecule has 0 aliphatic rings. The molecule has 0 aliphatic carbocycles. The number of imidazole rings is 1. The maximum Gasteiger partial charge on any atom is 0.144 e. The second kappa shape index (κ2) is 11.3. The summed E-state index contributed by atoms with van der Waals surface area (Å²) in [4.78, 5) is 14.2. The lowest BCUT2D eigenvalue weighted by molar-refractivity contribution is 0.474. The van der Waals surface area contributed by atoms with Crippen molar-refractivity contribution in [2.24, 2.45) is 7.05 Å². The Balaban J connectivity index is 1.46. The molecule has 1 N–H and O–H groups in total. The van der Waals surface area contributed by atoms with Gasteiger partial charge in [-0.3, -0.25) is 9.97 Å². The van der Waals surface area contributed by atoms with Gasteiger partial charge in [0.25, 0.3) is 0 Å². The first-order valence-corrected chi connectivity index (χ1v) is 18.6. The van der Waals surface area contributed by atoms with E-state index in [4.69, 9.17) is 9.97 Å². The first-order valence-electron chi connectivity index (χ1n) is 15.1. The van der Waals surface area contributed by atoms with Gasteiger partial charge in [-0.05, 0) is 69.4 Å². The number of benzene rings is 4. The van der Waals surface area contributed by atoms with Crippen molar-refractivity contribution in [1.82, 2.24) is 19.5 Å². The third-order valence-corrected chi connectivity index (χ3v) is 10.4. The minimum absolute atomic E-state index is 0.105. The van der Waals surface area contributed by atoms with Crippen LogP contribution < -0.4 is 5.19 Å². The Hall–Kier alpha value is -5.33. The third kappa shape index (κ3) is 5.34. The number of para-hydroxylation sites is 1. The van der Waals surface area contributed by atoms with Crippen molar-refractivity contribution in [3.63, 3.8) is 0 Å². The van der Waals surface area contributed by atoms with Crippen LogP contribution in [-0.4, -0.2) is 32.7 Å². The van der Waals surface area contributed by atoms with Gasteiger partial charge in [0, 0.05) is 30.6 Å². The lowest BCUT2D eigenvalue weighted by Gasteiger charge is -2.22. The largest absolute Gasteiger partial charge is 0.506 e. The summed E-state index contributed by atoms with van der Waals surface area (Å²) in [7, 11) is 0.309. The SMILES string of the molecule is Cn1c(-c2ccncc2O)nc2c(-c3cc(-c4ccccc4)cc(-c4cc(-c5ccccc5)c([Si](C)(C)C)cn4)c3)cccc21. The fraction of sp³-hybridized carbons (Fsp3) is 0.103. The van der Waals surface area contributed by atoms with E-state index in [9.17, 15) is 5.11 Å². The van der Waals surface area contributed by atoms with E-state index < -0.39 is 8.07 Å². The Labute approximate surface area is 264 Å². The highest BCUT2D eigenvalue weighted by atomic mass is 28.3. The van der Waals surface area contributed by atoms with Crippen molar-refractivity contribution in [1.29, 1.82) is 0 Å². The van der Waals surface area contributed by atoms with E-state index in [1.165, 1.54) is 22.5 Å². The Bertz CT molecular complexity index is 2170. The Morgan fingerprint density at radius 2 is 1.31 bits per heavy atom. The monoisotopic (exact) mass is 602 g/mol. The minimum atomic E-state index is -1.67. The average molecular weight is 603 g/mol. The molecule has 5 nitrogen and oxygen atoms in total. The summed E-state index contributed by atoms with van der Waals surface area (Å²) in [6.45, 7) is 7.12. The van der Waals surface area contributed by atoms with Crippen molar-refractivity contribution >= 4 is 24.3 Å². The van der Waals surface area contributed by atoms with Crippen molar-refractivity contribution < 1.29 is 5.11 Å². The van der Waals surface area contributed by atoms with Gasteiger partial charge in [0.2, 0.25) is 0 Å². The number of fused-ring (bicyclic) bond motifs is 1. The molecule has 0 fully saturated rings. The molecule has 7 rings (SSSR count). The second-order valence-corrected chi connectivity index (χ2v) is 17.5. The first kappa shape index (κ1) is 28.4. The zero-order chi connectivity index (χ0) is 31.1. The molecule has 0 amide bonds. The van der Waals surface area contributed by atoms with E-state index in [0.717, 1.165) is 44.5 Å². The summed E-state index contributed by atoms with van der Waals surface area (Å²) in [6, 6.07) is 38.1. The molecule has 0 atom stereocenters. The number of aryl methyl sites for hydroxylation is 1. The molecule has 3 heterocycles.